The number of fused-ring (bicyclic) bond motifs is 2. The van der Waals surface area contributed by atoms with Gasteiger partial charge in [-0.15, -0.1) is 11.3 Å². The first kappa shape index (κ1) is 17.8. The molecule has 2 aromatic heterocycles. The third-order valence-corrected chi connectivity index (χ3v) is 7.11. The van der Waals surface area contributed by atoms with Crippen LogP contribution in [0.1, 0.15) is 56.3 Å². The van der Waals surface area contributed by atoms with Crippen molar-refractivity contribution >= 4 is 23.2 Å². The zero-order valence-corrected chi connectivity index (χ0v) is 16.3. The van der Waals surface area contributed by atoms with E-state index in [1.165, 1.54) is 22.8 Å². The van der Waals surface area contributed by atoms with Crippen molar-refractivity contribution < 1.29 is 14.3 Å². The Bertz CT molecular complexity index is 901. The highest BCUT2D eigenvalue weighted by Crippen LogP contribution is 2.45. The van der Waals surface area contributed by atoms with Crippen molar-refractivity contribution in [1.29, 1.82) is 0 Å². The fourth-order valence-electron chi connectivity index (χ4n) is 4.03. The van der Waals surface area contributed by atoms with Crippen molar-refractivity contribution in [1.82, 2.24) is 20.2 Å². The van der Waals surface area contributed by atoms with Gasteiger partial charge in [0.25, 0.3) is 11.8 Å². The standard InChI is InChI=1S/C20H22N4O3S/c25-18(23-14-1-2-14)16-11-13-3-10-27-20(17(13)28-16)4-8-24(9-5-20)19(26)15-12-21-6-7-22-15/h6-7,11-12,14H,1-5,8-10H2,(H,23,25). The van der Waals surface area contributed by atoms with E-state index < -0.39 is 0 Å². The van der Waals surface area contributed by atoms with Crippen LogP contribution < -0.4 is 5.32 Å². The minimum Gasteiger partial charge on any atom is -0.369 e. The fraction of sp³-hybridized carbons (Fsp3) is 0.500. The van der Waals surface area contributed by atoms with Gasteiger partial charge in [-0.25, -0.2) is 4.98 Å². The van der Waals surface area contributed by atoms with Crippen molar-refractivity contribution in [2.45, 2.75) is 43.7 Å². The van der Waals surface area contributed by atoms with Crippen LogP contribution in [0.25, 0.3) is 0 Å². The molecule has 2 aliphatic heterocycles. The van der Waals surface area contributed by atoms with Gasteiger partial charge in [0.05, 0.1) is 17.7 Å². The number of likely N-dealkylation sites (tertiary alicyclic amines) is 1. The molecule has 2 fully saturated rings. The van der Waals surface area contributed by atoms with E-state index in [0.717, 1.165) is 37.0 Å². The number of carbonyl (C=O) groups excluding carboxylic acids is 2. The number of nitrogens with zero attached hydrogens (tertiary/aromatic N) is 3. The van der Waals surface area contributed by atoms with Gasteiger partial charge in [-0.05, 0) is 43.7 Å². The Balaban J connectivity index is 1.33. The summed E-state index contributed by atoms with van der Waals surface area (Å²) in [6.07, 6.45) is 9.08. The quantitative estimate of drug-likeness (QED) is 0.856. The number of carbonyl (C=O) groups is 2. The Morgan fingerprint density at radius 2 is 2.07 bits per heavy atom. The van der Waals surface area contributed by atoms with Crippen LogP contribution in [-0.4, -0.2) is 52.4 Å². The van der Waals surface area contributed by atoms with Crippen LogP contribution in [0.15, 0.2) is 24.7 Å². The summed E-state index contributed by atoms with van der Waals surface area (Å²) in [5.74, 6) is -0.0537. The molecule has 1 N–H and O–H groups in total. The van der Waals surface area contributed by atoms with Crippen LogP contribution in [-0.2, 0) is 16.8 Å². The van der Waals surface area contributed by atoms with E-state index in [1.807, 2.05) is 11.0 Å². The molecule has 0 aromatic carbocycles. The first-order valence-corrected chi connectivity index (χ1v) is 10.6. The van der Waals surface area contributed by atoms with Crippen LogP contribution >= 0.6 is 11.3 Å². The lowest BCUT2D eigenvalue weighted by Crippen LogP contribution is -2.48. The number of hydrogen-bond donors (Lipinski definition) is 1. The van der Waals surface area contributed by atoms with Crippen molar-refractivity contribution in [3.8, 4) is 0 Å². The van der Waals surface area contributed by atoms with Gasteiger partial charge in [0.2, 0.25) is 0 Å². The maximum Gasteiger partial charge on any atom is 0.274 e. The van der Waals surface area contributed by atoms with Crippen LogP contribution in [0.4, 0.5) is 0 Å². The largest absolute Gasteiger partial charge is 0.369 e. The highest BCUT2D eigenvalue weighted by Gasteiger charge is 2.44. The molecular weight excluding hydrogens is 376 g/mol. The summed E-state index contributed by atoms with van der Waals surface area (Å²) in [6.45, 7) is 1.87. The lowest BCUT2D eigenvalue weighted by Gasteiger charge is -2.43. The van der Waals surface area contributed by atoms with Gasteiger partial charge in [-0.3, -0.25) is 14.6 Å². The molecule has 1 spiro atoms. The third kappa shape index (κ3) is 3.20. The Morgan fingerprint density at radius 3 is 2.79 bits per heavy atom. The van der Waals surface area contributed by atoms with E-state index in [0.29, 0.717) is 31.4 Å². The molecule has 3 aliphatic rings. The third-order valence-electron chi connectivity index (χ3n) is 5.75. The predicted molar refractivity (Wildman–Crippen MR) is 103 cm³/mol. The number of aromatic nitrogens is 2. The number of hydrogen-bond acceptors (Lipinski definition) is 6. The van der Waals surface area contributed by atoms with Gasteiger partial charge < -0.3 is 15.0 Å². The molecule has 4 heterocycles. The average molecular weight is 398 g/mol. The number of ether oxygens (including phenoxy) is 1. The summed E-state index contributed by atoms with van der Waals surface area (Å²) in [6, 6.07) is 2.39. The number of amides is 2. The monoisotopic (exact) mass is 398 g/mol. The first-order valence-electron chi connectivity index (χ1n) is 9.78. The number of piperidine rings is 1. The highest BCUT2D eigenvalue weighted by atomic mass is 32.1. The zero-order valence-electron chi connectivity index (χ0n) is 15.5. The Morgan fingerprint density at radius 1 is 1.25 bits per heavy atom. The predicted octanol–water partition coefficient (Wildman–Crippen LogP) is 2.13. The Labute approximate surface area is 167 Å². The van der Waals surface area contributed by atoms with Crippen LogP contribution in [0.5, 0.6) is 0 Å². The molecule has 7 nitrogen and oxygen atoms in total. The van der Waals surface area contributed by atoms with Crippen molar-refractivity contribution in [2.75, 3.05) is 19.7 Å². The summed E-state index contributed by atoms with van der Waals surface area (Å²) < 4.78 is 6.27. The molecule has 0 radical (unpaired) electrons. The molecule has 1 aliphatic carbocycles. The van der Waals surface area contributed by atoms with Gasteiger partial charge in [0.15, 0.2) is 0 Å². The molecular formula is C20H22N4O3S. The van der Waals surface area contributed by atoms with Gasteiger partial charge in [0, 0.05) is 36.4 Å². The van der Waals surface area contributed by atoms with Crippen molar-refractivity contribution in [3.05, 3.63) is 45.7 Å². The minimum atomic E-state index is -0.379. The molecule has 0 atom stereocenters. The normalized spacial score (nSPS) is 20.6. The molecule has 28 heavy (non-hydrogen) atoms. The molecule has 1 saturated heterocycles. The molecule has 5 rings (SSSR count). The second kappa shape index (κ2) is 6.93. The van der Waals surface area contributed by atoms with E-state index in [4.69, 9.17) is 4.74 Å². The van der Waals surface area contributed by atoms with Crippen molar-refractivity contribution in [2.24, 2.45) is 0 Å². The molecule has 2 aromatic rings. The summed E-state index contributed by atoms with van der Waals surface area (Å²) in [5.41, 5.74) is 1.22. The lowest BCUT2D eigenvalue weighted by atomic mass is 9.85. The minimum absolute atomic E-state index is 0.0346. The van der Waals surface area contributed by atoms with Crippen LogP contribution in [0, 0.1) is 0 Å². The maximum absolute atomic E-state index is 12.7. The van der Waals surface area contributed by atoms with Gasteiger partial charge >= 0.3 is 0 Å². The number of rotatable bonds is 3. The lowest BCUT2D eigenvalue weighted by molar-refractivity contribution is -0.0906. The van der Waals surface area contributed by atoms with E-state index in [1.54, 1.807) is 17.5 Å². The van der Waals surface area contributed by atoms with Crippen molar-refractivity contribution in [3.63, 3.8) is 0 Å². The van der Waals surface area contributed by atoms with E-state index in [9.17, 15) is 9.59 Å². The Kier molecular flexibility index (Phi) is 4.40. The molecule has 0 bridgehead atoms. The molecule has 8 heteroatoms. The second-order valence-corrected chi connectivity index (χ2v) is 8.74. The highest BCUT2D eigenvalue weighted by molar-refractivity contribution is 7.14. The SMILES string of the molecule is O=C(NC1CC1)c1cc2c(s1)C1(CCN(C(=O)c3cnccn3)CC1)OCC2. The Hall–Kier alpha value is -2.32. The second-order valence-electron chi connectivity index (χ2n) is 7.69. The van der Waals surface area contributed by atoms with Gasteiger partial charge in [-0.1, -0.05) is 0 Å². The summed E-state index contributed by atoms with van der Waals surface area (Å²) >= 11 is 1.56. The summed E-state index contributed by atoms with van der Waals surface area (Å²) in [7, 11) is 0. The van der Waals surface area contributed by atoms with Crippen LogP contribution in [0.2, 0.25) is 0 Å². The van der Waals surface area contributed by atoms with Gasteiger partial charge in [-0.2, -0.15) is 0 Å². The number of thiophene rings is 1. The molecule has 146 valence electrons. The smallest absolute Gasteiger partial charge is 0.274 e. The molecule has 2 amide bonds. The van der Waals surface area contributed by atoms with Crippen LogP contribution in [0.3, 0.4) is 0 Å². The summed E-state index contributed by atoms with van der Waals surface area (Å²) in [5, 5.41) is 3.08. The van der Waals surface area contributed by atoms with E-state index in [2.05, 4.69) is 15.3 Å². The average Bonchev–Trinajstić information content (AvgIpc) is 3.43. The fourth-order valence-corrected chi connectivity index (χ4v) is 5.35. The topological polar surface area (TPSA) is 84.4 Å². The van der Waals surface area contributed by atoms with Gasteiger partial charge in [0.1, 0.15) is 11.3 Å². The van der Waals surface area contributed by atoms with E-state index in [-0.39, 0.29) is 17.4 Å². The zero-order chi connectivity index (χ0) is 19.1. The first-order chi connectivity index (χ1) is 13.6. The summed E-state index contributed by atoms with van der Waals surface area (Å²) in [4.78, 5) is 37.0. The van der Waals surface area contributed by atoms with E-state index >= 15 is 0 Å². The number of nitrogens with one attached hydrogen (secondary N) is 1. The maximum atomic E-state index is 12.7. The molecule has 0 unspecified atom stereocenters. The molecule has 1 saturated carbocycles.